The first kappa shape index (κ1) is 12.8. The molecular formula is C13H12N2O4. The molecule has 0 aliphatic heterocycles. The van der Waals surface area contributed by atoms with Gasteiger partial charge in [0.2, 0.25) is 17.6 Å². The molecule has 2 rings (SSSR count). The third-order valence-electron chi connectivity index (χ3n) is 2.23. The Labute approximate surface area is 110 Å². The summed E-state index contributed by atoms with van der Waals surface area (Å²) in [4.78, 5) is 19.7. The molecule has 1 aromatic carbocycles. The zero-order valence-corrected chi connectivity index (χ0v) is 10.5. The third-order valence-corrected chi connectivity index (χ3v) is 2.23. The number of methoxy groups -OCH3 is 2. The minimum atomic E-state index is -0.677. The molecule has 0 N–H and O–H groups in total. The second kappa shape index (κ2) is 5.81. The Hall–Kier alpha value is -2.63. The molecule has 19 heavy (non-hydrogen) atoms. The molecule has 2 aromatic rings. The van der Waals surface area contributed by atoms with Crippen LogP contribution in [0.5, 0.6) is 17.5 Å². The van der Waals surface area contributed by atoms with Crippen LogP contribution in [-0.4, -0.2) is 30.2 Å². The summed E-state index contributed by atoms with van der Waals surface area (Å²) in [7, 11) is 2.88. The molecule has 0 fully saturated rings. The summed E-state index contributed by atoms with van der Waals surface area (Å²) in [6.45, 7) is 0. The fraction of sp³-hybridized carbons (Fsp3) is 0.154. The fourth-order valence-electron chi connectivity index (χ4n) is 1.35. The number of esters is 1. The van der Waals surface area contributed by atoms with Crippen LogP contribution >= 0.6 is 0 Å². The van der Waals surface area contributed by atoms with Crippen molar-refractivity contribution in [3.05, 3.63) is 42.2 Å². The van der Waals surface area contributed by atoms with Crippen LogP contribution in [0.25, 0.3) is 0 Å². The molecule has 0 saturated carbocycles. The van der Waals surface area contributed by atoms with Gasteiger partial charge in [0.15, 0.2) is 0 Å². The van der Waals surface area contributed by atoms with Crippen molar-refractivity contribution >= 4 is 5.97 Å². The van der Waals surface area contributed by atoms with E-state index < -0.39 is 5.97 Å². The Morgan fingerprint density at radius 3 is 2.11 bits per heavy atom. The van der Waals surface area contributed by atoms with E-state index in [1.165, 1.54) is 20.3 Å². The average Bonchev–Trinajstić information content (AvgIpc) is 2.47. The van der Waals surface area contributed by atoms with E-state index in [4.69, 9.17) is 14.2 Å². The second-order valence-corrected chi connectivity index (χ2v) is 3.48. The van der Waals surface area contributed by atoms with Crippen molar-refractivity contribution in [2.75, 3.05) is 14.2 Å². The van der Waals surface area contributed by atoms with E-state index in [2.05, 4.69) is 9.97 Å². The van der Waals surface area contributed by atoms with Crippen LogP contribution in [0.2, 0.25) is 0 Å². The zero-order chi connectivity index (χ0) is 13.7. The zero-order valence-electron chi connectivity index (χ0n) is 10.5. The summed E-state index contributed by atoms with van der Waals surface area (Å²) in [5, 5.41) is 0. The van der Waals surface area contributed by atoms with Gasteiger partial charge in [-0.1, -0.05) is 18.2 Å². The third kappa shape index (κ3) is 3.19. The minimum Gasteiger partial charge on any atom is -0.481 e. The van der Waals surface area contributed by atoms with Crippen LogP contribution in [0.4, 0.5) is 0 Å². The molecule has 0 bridgehead atoms. The molecule has 0 unspecified atom stereocenters. The summed E-state index contributed by atoms with van der Waals surface area (Å²) in [5.41, 5.74) is 0. The van der Waals surface area contributed by atoms with Gasteiger partial charge in [-0.25, -0.2) is 4.79 Å². The molecule has 1 aromatic heterocycles. The maximum atomic E-state index is 11.9. The lowest BCUT2D eigenvalue weighted by atomic mass is 10.3. The smallest absolute Gasteiger partial charge is 0.382 e. The Morgan fingerprint density at radius 1 is 1.00 bits per heavy atom. The molecule has 0 aliphatic carbocycles. The Balaban J connectivity index is 2.23. The number of benzene rings is 1. The van der Waals surface area contributed by atoms with Crippen LogP contribution in [-0.2, 0) is 0 Å². The van der Waals surface area contributed by atoms with Crippen molar-refractivity contribution in [1.29, 1.82) is 0 Å². The van der Waals surface area contributed by atoms with Crippen LogP contribution in [0.1, 0.15) is 10.6 Å². The molecule has 0 aliphatic rings. The molecular weight excluding hydrogens is 248 g/mol. The van der Waals surface area contributed by atoms with Crippen LogP contribution in [0.15, 0.2) is 36.4 Å². The highest BCUT2D eigenvalue weighted by molar-refractivity contribution is 5.87. The molecule has 0 atom stereocenters. The monoisotopic (exact) mass is 260 g/mol. The van der Waals surface area contributed by atoms with Crippen molar-refractivity contribution in [2.24, 2.45) is 0 Å². The maximum absolute atomic E-state index is 11.9. The highest BCUT2D eigenvalue weighted by atomic mass is 16.5. The van der Waals surface area contributed by atoms with Crippen molar-refractivity contribution in [3.63, 3.8) is 0 Å². The topological polar surface area (TPSA) is 70.5 Å². The molecule has 0 amide bonds. The SMILES string of the molecule is COc1cc(OC)nc(C(=O)Oc2ccccc2)n1. The van der Waals surface area contributed by atoms with E-state index in [1.54, 1.807) is 24.3 Å². The first-order valence-electron chi connectivity index (χ1n) is 5.47. The summed E-state index contributed by atoms with van der Waals surface area (Å²) in [6, 6.07) is 10.1. The van der Waals surface area contributed by atoms with E-state index in [9.17, 15) is 4.79 Å². The van der Waals surface area contributed by atoms with Gasteiger partial charge < -0.3 is 14.2 Å². The predicted molar refractivity (Wildman–Crippen MR) is 66.5 cm³/mol. The lowest BCUT2D eigenvalue weighted by Crippen LogP contribution is -2.13. The maximum Gasteiger partial charge on any atom is 0.382 e. The summed E-state index contributed by atoms with van der Waals surface area (Å²) in [6.07, 6.45) is 0. The number of hydrogen-bond donors (Lipinski definition) is 0. The lowest BCUT2D eigenvalue weighted by Gasteiger charge is -2.06. The van der Waals surface area contributed by atoms with E-state index in [0.717, 1.165) is 0 Å². The Morgan fingerprint density at radius 2 is 1.58 bits per heavy atom. The van der Waals surface area contributed by atoms with Gasteiger partial charge in [0.05, 0.1) is 20.3 Å². The first-order valence-corrected chi connectivity index (χ1v) is 5.47. The van der Waals surface area contributed by atoms with Gasteiger partial charge in [0, 0.05) is 0 Å². The predicted octanol–water partition coefficient (Wildman–Crippen LogP) is 1.71. The fourth-order valence-corrected chi connectivity index (χ4v) is 1.35. The van der Waals surface area contributed by atoms with Gasteiger partial charge in [0.1, 0.15) is 5.75 Å². The number of aromatic nitrogens is 2. The summed E-state index contributed by atoms with van der Waals surface area (Å²) < 4.78 is 15.0. The van der Waals surface area contributed by atoms with E-state index in [-0.39, 0.29) is 17.6 Å². The molecule has 0 saturated heterocycles. The van der Waals surface area contributed by atoms with Crippen LogP contribution < -0.4 is 14.2 Å². The highest BCUT2D eigenvalue weighted by Crippen LogP contribution is 2.16. The number of carbonyl (C=O) groups excluding carboxylic acids is 1. The second-order valence-electron chi connectivity index (χ2n) is 3.48. The number of rotatable bonds is 4. The van der Waals surface area contributed by atoms with Gasteiger partial charge in [-0.2, -0.15) is 9.97 Å². The number of ether oxygens (including phenoxy) is 3. The van der Waals surface area contributed by atoms with Gasteiger partial charge >= 0.3 is 5.97 Å². The van der Waals surface area contributed by atoms with Crippen molar-refractivity contribution in [1.82, 2.24) is 9.97 Å². The number of para-hydroxylation sites is 1. The summed E-state index contributed by atoms with van der Waals surface area (Å²) >= 11 is 0. The van der Waals surface area contributed by atoms with E-state index in [0.29, 0.717) is 5.75 Å². The molecule has 98 valence electrons. The number of carbonyl (C=O) groups is 1. The molecule has 0 spiro atoms. The van der Waals surface area contributed by atoms with Crippen molar-refractivity contribution in [3.8, 4) is 17.5 Å². The number of hydrogen-bond acceptors (Lipinski definition) is 6. The van der Waals surface area contributed by atoms with E-state index >= 15 is 0 Å². The van der Waals surface area contributed by atoms with Crippen LogP contribution in [0.3, 0.4) is 0 Å². The Bertz CT molecular complexity index is 550. The largest absolute Gasteiger partial charge is 0.481 e. The van der Waals surface area contributed by atoms with Gasteiger partial charge in [-0.15, -0.1) is 0 Å². The summed E-state index contributed by atoms with van der Waals surface area (Å²) in [5.74, 6) is 0.0695. The molecule has 0 radical (unpaired) electrons. The minimum absolute atomic E-state index is 0.125. The van der Waals surface area contributed by atoms with Crippen molar-refractivity contribution in [2.45, 2.75) is 0 Å². The highest BCUT2D eigenvalue weighted by Gasteiger charge is 2.15. The van der Waals surface area contributed by atoms with Crippen molar-refractivity contribution < 1.29 is 19.0 Å². The standard InChI is InChI=1S/C13H12N2O4/c1-17-10-8-11(18-2)15-12(14-10)13(16)19-9-6-4-3-5-7-9/h3-8H,1-2H3. The first-order chi connectivity index (χ1) is 9.22. The van der Waals surface area contributed by atoms with Gasteiger partial charge in [-0.3, -0.25) is 0 Å². The average molecular weight is 260 g/mol. The Kier molecular flexibility index (Phi) is 3.92. The van der Waals surface area contributed by atoms with Gasteiger partial charge in [0.25, 0.3) is 0 Å². The lowest BCUT2D eigenvalue weighted by molar-refractivity contribution is 0.0719. The molecule has 6 nitrogen and oxygen atoms in total. The molecule has 6 heteroatoms. The van der Waals surface area contributed by atoms with Crippen LogP contribution in [0, 0.1) is 0 Å². The normalized spacial score (nSPS) is 9.79. The number of nitrogens with zero attached hydrogens (tertiary/aromatic N) is 2. The molecule has 1 heterocycles. The van der Waals surface area contributed by atoms with E-state index in [1.807, 2.05) is 6.07 Å². The van der Waals surface area contributed by atoms with Gasteiger partial charge in [-0.05, 0) is 12.1 Å². The quantitative estimate of drug-likeness (QED) is 0.615.